The molecular formula is C16H20N2O. The number of rotatable bonds is 5. The summed E-state index contributed by atoms with van der Waals surface area (Å²) in [6.07, 6.45) is 1.79. The van der Waals surface area contributed by atoms with Crippen LogP contribution in [0.1, 0.15) is 18.2 Å². The third-order valence-corrected chi connectivity index (χ3v) is 3.13. The first kappa shape index (κ1) is 13.7. The van der Waals surface area contributed by atoms with Crippen molar-refractivity contribution in [3.05, 3.63) is 66.0 Å². The van der Waals surface area contributed by atoms with Crippen LogP contribution < -0.4 is 0 Å². The van der Waals surface area contributed by atoms with Gasteiger partial charge in [0.2, 0.25) is 0 Å². The molecule has 100 valence electrons. The fourth-order valence-electron chi connectivity index (χ4n) is 2.24. The van der Waals surface area contributed by atoms with Gasteiger partial charge in [-0.15, -0.1) is 0 Å². The molecule has 0 radical (unpaired) electrons. The van der Waals surface area contributed by atoms with E-state index < -0.39 is 5.60 Å². The minimum Gasteiger partial charge on any atom is -0.384 e. The predicted molar refractivity (Wildman–Crippen MR) is 76.6 cm³/mol. The summed E-state index contributed by atoms with van der Waals surface area (Å²) in [7, 11) is 1.99. The number of hydrogen-bond donors (Lipinski definition) is 1. The molecule has 1 N–H and O–H groups in total. The predicted octanol–water partition coefficient (Wildman–Crippen LogP) is 2.42. The molecule has 3 nitrogen and oxygen atoms in total. The van der Waals surface area contributed by atoms with Crippen molar-refractivity contribution in [1.29, 1.82) is 0 Å². The lowest BCUT2D eigenvalue weighted by atomic mass is 9.95. The van der Waals surface area contributed by atoms with Gasteiger partial charge in [-0.2, -0.15) is 0 Å². The second-order valence-electron chi connectivity index (χ2n) is 5.13. The van der Waals surface area contributed by atoms with Gasteiger partial charge in [-0.05, 0) is 31.7 Å². The number of likely N-dealkylation sites (N-methyl/N-ethyl adjacent to an activating group) is 1. The molecule has 1 aromatic carbocycles. The molecule has 0 aliphatic rings. The highest BCUT2D eigenvalue weighted by atomic mass is 16.3. The van der Waals surface area contributed by atoms with Crippen molar-refractivity contribution < 1.29 is 5.11 Å². The minimum absolute atomic E-state index is 0.563. The number of nitrogens with zero attached hydrogens (tertiary/aromatic N) is 2. The smallest absolute Gasteiger partial charge is 0.0994 e. The second kappa shape index (κ2) is 5.95. The maximum atomic E-state index is 10.6. The van der Waals surface area contributed by atoms with Crippen LogP contribution in [0, 0.1) is 0 Å². The molecule has 1 unspecified atom stereocenters. The van der Waals surface area contributed by atoms with Gasteiger partial charge in [0.1, 0.15) is 0 Å². The lowest BCUT2D eigenvalue weighted by Gasteiger charge is -2.29. The van der Waals surface area contributed by atoms with Crippen LogP contribution in [0.15, 0.2) is 54.7 Å². The highest BCUT2D eigenvalue weighted by Gasteiger charge is 2.24. The zero-order chi connectivity index (χ0) is 13.7. The Morgan fingerprint density at radius 2 is 1.79 bits per heavy atom. The van der Waals surface area contributed by atoms with E-state index in [1.54, 1.807) is 6.20 Å². The first-order valence-corrected chi connectivity index (χ1v) is 6.44. The summed E-state index contributed by atoms with van der Waals surface area (Å²) in [5.41, 5.74) is 1.09. The summed E-state index contributed by atoms with van der Waals surface area (Å²) < 4.78 is 0. The minimum atomic E-state index is -0.856. The van der Waals surface area contributed by atoms with Crippen LogP contribution in [-0.4, -0.2) is 28.6 Å². The van der Waals surface area contributed by atoms with Crippen LogP contribution in [0.3, 0.4) is 0 Å². The molecule has 1 heterocycles. The molecule has 0 aliphatic carbocycles. The Kier molecular flexibility index (Phi) is 4.30. The molecule has 0 amide bonds. The quantitative estimate of drug-likeness (QED) is 0.892. The lowest BCUT2D eigenvalue weighted by molar-refractivity contribution is 0.0211. The van der Waals surface area contributed by atoms with Crippen LogP contribution in [0.2, 0.25) is 0 Å². The summed E-state index contributed by atoms with van der Waals surface area (Å²) >= 11 is 0. The molecule has 0 aliphatic heterocycles. The number of benzene rings is 1. The van der Waals surface area contributed by atoms with Crippen molar-refractivity contribution in [1.82, 2.24) is 9.88 Å². The Morgan fingerprint density at radius 3 is 2.42 bits per heavy atom. The molecule has 0 saturated heterocycles. The topological polar surface area (TPSA) is 36.4 Å². The standard InChI is InChI=1S/C16H20N2O/c1-16(19,14-8-4-3-5-9-14)13-18(2)12-15-10-6-7-11-17-15/h3-11,19H,12-13H2,1-2H3. The summed E-state index contributed by atoms with van der Waals surface area (Å²) in [6, 6.07) is 15.6. The van der Waals surface area contributed by atoms with Crippen LogP contribution in [0.25, 0.3) is 0 Å². The van der Waals surface area contributed by atoms with Crippen molar-refractivity contribution in [3.8, 4) is 0 Å². The Balaban J connectivity index is 2.00. The monoisotopic (exact) mass is 256 g/mol. The first-order valence-electron chi connectivity index (χ1n) is 6.44. The molecule has 0 bridgehead atoms. The molecule has 1 aromatic heterocycles. The number of aliphatic hydroxyl groups is 1. The fourth-order valence-corrected chi connectivity index (χ4v) is 2.24. The van der Waals surface area contributed by atoms with Crippen LogP contribution in [0.5, 0.6) is 0 Å². The van der Waals surface area contributed by atoms with Gasteiger partial charge in [-0.1, -0.05) is 36.4 Å². The van der Waals surface area contributed by atoms with E-state index in [0.29, 0.717) is 6.54 Å². The number of aromatic nitrogens is 1. The molecule has 0 fully saturated rings. The molecule has 2 rings (SSSR count). The van der Waals surface area contributed by atoms with Crippen LogP contribution in [0.4, 0.5) is 0 Å². The molecular weight excluding hydrogens is 236 g/mol. The summed E-state index contributed by atoms with van der Waals surface area (Å²) in [6.45, 7) is 3.13. The van der Waals surface area contributed by atoms with Crippen LogP contribution in [-0.2, 0) is 12.1 Å². The largest absolute Gasteiger partial charge is 0.384 e. The number of pyridine rings is 1. The Morgan fingerprint density at radius 1 is 1.11 bits per heavy atom. The van der Waals surface area contributed by atoms with E-state index in [9.17, 15) is 5.11 Å². The van der Waals surface area contributed by atoms with Gasteiger partial charge in [0.05, 0.1) is 11.3 Å². The first-order chi connectivity index (χ1) is 9.08. The van der Waals surface area contributed by atoms with E-state index in [-0.39, 0.29) is 0 Å². The highest BCUT2D eigenvalue weighted by molar-refractivity contribution is 5.21. The molecule has 0 saturated carbocycles. The van der Waals surface area contributed by atoms with Gasteiger partial charge < -0.3 is 5.11 Å². The molecule has 2 aromatic rings. The molecule has 1 atom stereocenters. The van der Waals surface area contributed by atoms with Gasteiger partial charge in [-0.3, -0.25) is 9.88 Å². The van der Waals surface area contributed by atoms with E-state index >= 15 is 0 Å². The Hall–Kier alpha value is -1.71. The van der Waals surface area contributed by atoms with Crippen molar-refractivity contribution in [2.75, 3.05) is 13.6 Å². The maximum Gasteiger partial charge on any atom is 0.0994 e. The van der Waals surface area contributed by atoms with Crippen LogP contribution >= 0.6 is 0 Å². The van der Waals surface area contributed by atoms with Gasteiger partial charge in [-0.25, -0.2) is 0 Å². The molecule has 19 heavy (non-hydrogen) atoms. The Labute approximate surface area is 114 Å². The summed E-state index contributed by atoms with van der Waals surface area (Å²) in [5.74, 6) is 0. The fraction of sp³-hybridized carbons (Fsp3) is 0.312. The zero-order valence-corrected chi connectivity index (χ0v) is 11.5. The van der Waals surface area contributed by atoms with Gasteiger partial charge in [0.15, 0.2) is 0 Å². The van der Waals surface area contributed by atoms with Crippen molar-refractivity contribution in [2.24, 2.45) is 0 Å². The summed E-state index contributed by atoms with van der Waals surface area (Å²) in [4.78, 5) is 6.38. The van der Waals surface area contributed by atoms with E-state index in [1.807, 2.05) is 62.5 Å². The van der Waals surface area contributed by atoms with E-state index in [4.69, 9.17) is 0 Å². The lowest BCUT2D eigenvalue weighted by Crippen LogP contribution is -2.36. The van der Waals surface area contributed by atoms with E-state index in [1.165, 1.54) is 0 Å². The maximum absolute atomic E-state index is 10.6. The highest BCUT2D eigenvalue weighted by Crippen LogP contribution is 2.21. The van der Waals surface area contributed by atoms with Crippen molar-refractivity contribution in [3.63, 3.8) is 0 Å². The van der Waals surface area contributed by atoms with E-state index in [2.05, 4.69) is 9.88 Å². The SMILES string of the molecule is CN(Cc1ccccn1)CC(C)(O)c1ccccc1. The van der Waals surface area contributed by atoms with Crippen molar-refractivity contribution >= 4 is 0 Å². The zero-order valence-electron chi connectivity index (χ0n) is 11.5. The van der Waals surface area contributed by atoms with E-state index in [0.717, 1.165) is 17.8 Å². The van der Waals surface area contributed by atoms with Gasteiger partial charge in [0.25, 0.3) is 0 Å². The molecule has 0 spiro atoms. The third-order valence-electron chi connectivity index (χ3n) is 3.13. The average molecular weight is 256 g/mol. The second-order valence-corrected chi connectivity index (χ2v) is 5.13. The third kappa shape index (κ3) is 3.88. The number of hydrogen-bond acceptors (Lipinski definition) is 3. The molecule has 3 heteroatoms. The van der Waals surface area contributed by atoms with Gasteiger partial charge >= 0.3 is 0 Å². The average Bonchev–Trinajstić information content (AvgIpc) is 2.40. The Bertz CT molecular complexity index is 497. The van der Waals surface area contributed by atoms with Gasteiger partial charge in [0, 0.05) is 19.3 Å². The summed E-state index contributed by atoms with van der Waals surface area (Å²) in [5, 5.41) is 10.6. The van der Waals surface area contributed by atoms with Crippen molar-refractivity contribution in [2.45, 2.75) is 19.1 Å². The normalized spacial score (nSPS) is 14.3.